The molecular formula is C31H31N3O5. The fourth-order valence-corrected chi connectivity index (χ4v) is 4.29. The topological polar surface area (TPSA) is 101 Å². The van der Waals surface area contributed by atoms with E-state index in [0.29, 0.717) is 34.1 Å². The van der Waals surface area contributed by atoms with E-state index in [2.05, 4.69) is 5.32 Å². The van der Waals surface area contributed by atoms with Crippen molar-refractivity contribution >= 4 is 23.6 Å². The molecule has 3 aromatic carbocycles. The normalized spacial score (nSPS) is 13.3. The van der Waals surface area contributed by atoms with E-state index in [1.165, 1.54) is 26.7 Å². The summed E-state index contributed by atoms with van der Waals surface area (Å²) < 4.78 is 16.6. The molecule has 1 fully saturated rings. The van der Waals surface area contributed by atoms with Crippen molar-refractivity contribution in [1.82, 2.24) is 4.90 Å². The lowest BCUT2D eigenvalue weighted by molar-refractivity contribution is -0.112. The first-order chi connectivity index (χ1) is 19.0. The predicted octanol–water partition coefficient (Wildman–Crippen LogP) is 5.45. The van der Waals surface area contributed by atoms with Crippen LogP contribution in [0, 0.1) is 11.3 Å². The van der Waals surface area contributed by atoms with Crippen molar-refractivity contribution in [3.63, 3.8) is 0 Å². The molecule has 1 aliphatic rings. The maximum Gasteiger partial charge on any atom is 0.266 e. The van der Waals surface area contributed by atoms with Gasteiger partial charge in [-0.15, -0.1) is 0 Å². The van der Waals surface area contributed by atoms with Crippen LogP contribution in [0.1, 0.15) is 40.7 Å². The molecule has 2 amide bonds. The number of nitrogens with one attached hydrogen (secondary N) is 1. The van der Waals surface area contributed by atoms with Crippen molar-refractivity contribution in [2.24, 2.45) is 0 Å². The van der Waals surface area contributed by atoms with Crippen LogP contribution in [-0.4, -0.2) is 44.0 Å². The zero-order valence-corrected chi connectivity index (χ0v) is 22.1. The van der Waals surface area contributed by atoms with Gasteiger partial charge in [-0.25, -0.2) is 0 Å². The summed E-state index contributed by atoms with van der Waals surface area (Å²) in [5.74, 6) is 1.11. The summed E-state index contributed by atoms with van der Waals surface area (Å²) in [4.78, 5) is 27.3. The third-order valence-electron chi connectivity index (χ3n) is 6.43. The maximum absolute atomic E-state index is 12.7. The molecule has 0 bridgehead atoms. The van der Waals surface area contributed by atoms with Gasteiger partial charge in [-0.1, -0.05) is 24.3 Å². The molecule has 0 radical (unpaired) electrons. The van der Waals surface area contributed by atoms with Gasteiger partial charge in [0.15, 0.2) is 11.5 Å². The van der Waals surface area contributed by atoms with Gasteiger partial charge >= 0.3 is 0 Å². The number of nitrogens with zero attached hydrogens (tertiary/aromatic N) is 2. The number of likely N-dealkylation sites (tertiary alicyclic amines) is 1. The van der Waals surface area contributed by atoms with Crippen molar-refractivity contribution in [1.29, 1.82) is 5.26 Å². The number of hydrogen-bond acceptors (Lipinski definition) is 6. The summed E-state index contributed by atoms with van der Waals surface area (Å²) in [7, 11) is 3.06. The summed E-state index contributed by atoms with van der Waals surface area (Å²) in [5, 5.41) is 12.3. The Morgan fingerprint density at radius 3 is 2.41 bits per heavy atom. The van der Waals surface area contributed by atoms with Crippen molar-refractivity contribution in [3.8, 4) is 23.3 Å². The van der Waals surface area contributed by atoms with Crippen LogP contribution in [0.25, 0.3) is 6.08 Å². The van der Waals surface area contributed by atoms with Gasteiger partial charge in [-0.2, -0.15) is 5.26 Å². The van der Waals surface area contributed by atoms with E-state index in [9.17, 15) is 14.9 Å². The van der Waals surface area contributed by atoms with Crippen LogP contribution in [0.2, 0.25) is 0 Å². The number of rotatable bonds is 9. The van der Waals surface area contributed by atoms with Crippen LogP contribution in [0.3, 0.4) is 0 Å². The number of amides is 2. The number of piperidine rings is 1. The van der Waals surface area contributed by atoms with Crippen molar-refractivity contribution in [2.45, 2.75) is 25.9 Å². The Balaban J connectivity index is 1.40. The van der Waals surface area contributed by atoms with Gasteiger partial charge in [0.1, 0.15) is 24.0 Å². The molecule has 1 N–H and O–H groups in total. The Bertz CT molecular complexity index is 1390. The molecule has 1 saturated heterocycles. The van der Waals surface area contributed by atoms with E-state index >= 15 is 0 Å². The highest BCUT2D eigenvalue weighted by Crippen LogP contribution is 2.30. The summed E-state index contributed by atoms with van der Waals surface area (Å²) in [6.07, 6.45) is 4.78. The number of benzene rings is 3. The number of carbonyl (C=O) groups excluding carboxylic acids is 2. The summed E-state index contributed by atoms with van der Waals surface area (Å²) >= 11 is 0. The summed E-state index contributed by atoms with van der Waals surface area (Å²) in [6.45, 7) is 1.92. The Labute approximate surface area is 228 Å². The highest BCUT2D eigenvalue weighted by molar-refractivity contribution is 6.09. The van der Waals surface area contributed by atoms with Crippen molar-refractivity contribution in [2.75, 3.05) is 32.6 Å². The van der Waals surface area contributed by atoms with E-state index in [0.717, 1.165) is 31.5 Å². The summed E-state index contributed by atoms with van der Waals surface area (Å²) in [6, 6.07) is 21.5. The number of nitriles is 1. The van der Waals surface area contributed by atoms with Gasteiger partial charge in [0.25, 0.3) is 11.8 Å². The van der Waals surface area contributed by atoms with Crippen LogP contribution >= 0.6 is 0 Å². The van der Waals surface area contributed by atoms with E-state index in [-0.39, 0.29) is 18.1 Å². The molecule has 3 aromatic rings. The van der Waals surface area contributed by atoms with Crippen LogP contribution in [-0.2, 0) is 11.4 Å². The van der Waals surface area contributed by atoms with Gasteiger partial charge in [-0.05, 0) is 72.9 Å². The molecule has 8 heteroatoms. The van der Waals surface area contributed by atoms with Crippen LogP contribution in [0.4, 0.5) is 5.69 Å². The molecule has 39 heavy (non-hydrogen) atoms. The first-order valence-electron chi connectivity index (χ1n) is 12.8. The molecular weight excluding hydrogens is 494 g/mol. The first kappa shape index (κ1) is 27.3. The molecule has 0 aromatic heterocycles. The standard InChI is InChI=1S/C31H31N3O5/c1-37-27-8-6-7-26(19-27)33-30(35)25(20-32)17-23-11-14-28(29(18-23)38-2)39-21-22-9-12-24(13-10-22)31(36)34-15-4-3-5-16-34/h6-14,17-19H,3-5,15-16,21H2,1-2H3,(H,33,35)/b25-17-. The highest BCUT2D eigenvalue weighted by Gasteiger charge is 2.18. The SMILES string of the molecule is COc1cccc(NC(=O)/C(C#N)=C\c2ccc(OCc3ccc(C(=O)N4CCCCC4)cc3)c(OC)c2)c1. The molecule has 0 unspecified atom stereocenters. The van der Waals surface area contributed by atoms with E-state index in [4.69, 9.17) is 14.2 Å². The number of hydrogen-bond donors (Lipinski definition) is 1. The van der Waals surface area contributed by atoms with Crippen molar-refractivity contribution < 1.29 is 23.8 Å². The van der Waals surface area contributed by atoms with Gasteiger partial charge in [0, 0.05) is 30.4 Å². The minimum Gasteiger partial charge on any atom is -0.497 e. The third kappa shape index (κ3) is 7.17. The lowest BCUT2D eigenvalue weighted by atomic mass is 10.1. The Hall–Kier alpha value is -4.77. The quantitative estimate of drug-likeness (QED) is 0.294. The average Bonchev–Trinajstić information content (AvgIpc) is 2.99. The zero-order chi connectivity index (χ0) is 27.6. The van der Waals surface area contributed by atoms with E-state index in [1.54, 1.807) is 42.5 Å². The Kier molecular flexibility index (Phi) is 9.20. The number of ether oxygens (including phenoxy) is 3. The molecule has 1 aliphatic heterocycles. The minimum absolute atomic E-state index is 0.0623. The largest absolute Gasteiger partial charge is 0.497 e. The molecule has 0 atom stereocenters. The average molecular weight is 526 g/mol. The minimum atomic E-state index is -0.535. The van der Waals surface area contributed by atoms with Crippen LogP contribution in [0.5, 0.6) is 17.2 Å². The van der Waals surface area contributed by atoms with Gasteiger partial charge in [0.2, 0.25) is 0 Å². The van der Waals surface area contributed by atoms with Crippen molar-refractivity contribution in [3.05, 3.63) is 89.0 Å². The number of carbonyl (C=O) groups is 2. The monoisotopic (exact) mass is 525 g/mol. The number of anilines is 1. The first-order valence-corrected chi connectivity index (χ1v) is 12.8. The number of methoxy groups -OCH3 is 2. The van der Waals surface area contributed by atoms with E-state index < -0.39 is 5.91 Å². The Morgan fingerprint density at radius 1 is 0.949 bits per heavy atom. The molecule has 8 nitrogen and oxygen atoms in total. The molecule has 1 heterocycles. The lowest BCUT2D eigenvalue weighted by Gasteiger charge is -2.26. The smallest absolute Gasteiger partial charge is 0.266 e. The summed E-state index contributed by atoms with van der Waals surface area (Å²) in [5.41, 5.74) is 2.66. The molecule has 200 valence electrons. The zero-order valence-electron chi connectivity index (χ0n) is 22.1. The second-order valence-electron chi connectivity index (χ2n) is 9.10. The molecule has 0 saturated carbocycles. The van der Waals surface area contributed by atoms with Gasteiger partial charge in [-0.3, -0.25) is 9.59 Å². The molecule has 4 rings (SSSR count). The maximum atomic E-state index is 12.7. The van der Waals surface area contributed by atoms with Crippen LogP contribution in [0.15, 0.2) is 72.3 Å². The second-order valence-corrected chi connectivity index (χ2v) is 9.10. The Morgan fingerprint density at radius 2 is 1.72 bits per heavy atom. The van der Waals surface area contributed by atoms with E-state index in [1.807, 2.05) is 35.2 Å². The fourth-order valence-electron chi connectivity index (χ4n) is 4.29. The fraction of sp³-hybridized carbons (Fsp3) is 0.258. The lowest BCUT2D eigenvalue weighted by Crippen LogP contribution is -2.35. The third-order valence-corrected chi connectivity index (χ3v) is 6.43. The van der Waals surface area contributed by atoms with Crippen LogP contribution < -0.4 is 19.5 Å². The predicted molar refractivity (Wildman–Crippen MR) is 149 cm³/mol. The molecule has 0 spiro atoms. The second kappa shape index (κ2) is 13.2. The molecule has 0 aliphatic carbocycles. The van der Waals surface area contributed by atoms with Gasteiger partial charge < -0.3 is 24.4 Å². The highest BCUT2D eigenvalue weighted by atomic mass is 16.5. The van der Waals surface area contributed by atoms with Gasteiger partial charge in [0.05, 0.1) is 14.2 Å².